The topological polar surface area (TPSA) is 59.7 Å². The first-order valence-corrected chi connectivity index (χ1v) is 10.0. The minimum absolute atomic E-state index is 0.0386. The Labute approximate surface area is 157 Å². The minimum atomic E-state index is -0.775. The van der Waals surface area contributed by atoms with Crippen molar-refractivity contribution in [2.24, 2.45) is 22.7 Å². The summed E-state index contributed by atoms with van der Waals surface area (Å²) in [4.78, 5) is 11.8. The van der Waals surface area contributed by atoms with Crippen LogP contribution in [0.5, 0.6) is 0 Å². The van der Waals surface area contributed by atoms with Gasteiger partial charge in [-0.15, -0.1) is 0 Å². The predicted molar refractivity (Wildman–Crippen MR) is 101 cm³/mol. The number of aryl methyl sites for hydroxylation is 1. The Kier molecular flexibility index (Phi) is 5.02. The fourth-order valence-corrected chi connectivity index (χ4v) is 6.36. The molecule has 2 saturated carbocycles. The summed E-state index contributed by atoms with van der Waals surface area (Å²) in [6.07, 6.45) is 8.78. The Morgan fingerprint density at radius 2 is 2.08 bits per heavy atom. The normalized spacial score (nSPS) is 39.2. The second kappa shape index (κ2) is 6.70. The third-order valence-corrected chi connectivity index (χ3v) is 7.50. The molecule has 0 saturated heterocycles. The maximum Gasteiger partial charge on any atom is 0.302 e. The molecule has 146 valence electrons. The van der Waals surface area contributed by atoms with Gasteiger partial charge in [-0.3, -0.25) is 4.79 Å². The molecule has 3 rings (SSSR count). The molecule has 5 atom stereocenters. The van der Waals surface area contributed by atoms with Crippen LogP contribution < -0.4 is 0 Å². The van der Waals surface area contributed by atoms with Crippen molar-refractivity contribution in [1.82, 2.24) is 0 Å². The Morgan fingerprint density at radius 3 is 2.69 bits per heavy atom. The molecule has 2 fully saturated rings. The maximum atomic E-state index is 12.0. The van der Waals surface area contributed by atoms with Gasteiger partial charge in [-0.2, -0.15) is 0 Å². The lowest BCUT2D eigenvalue weighted by Crippen LogP contribution is -2.66. The van der Waals surface area contributed by atoms with E-state index in [1.807, 2.05) is 6.07 Å². The summed E-state index contributed by atoms with van der Waals surface area (Å²) in [5.41, 5.74) is 0.124. The summed E-state index contributed by atoms with van der Waals surface area (Å²) in [6, 6.07) is 1.98. The van der Waals surface area contributed by atoms with Crippen molar-refractivity contribution in [3.63, 3.8) is 0 Å². The number of carbonyl (C=O) groups excluding carboxylic acids is 1. The fraction of sp³-hybridized carbons (Fsp3) is 0.773. The number of esters is 1. The monoisotopic (exact) mass is 362 g/mol. The van der Waals surface area contributed by atoms with Crippen LogP contribution in [0.4, 0.5) is 0 Å². The summed E-state index contributed by atoms with van der Waals surface area (Å²) in [6.45, 7) is 10.4. The van der Waals surface area contributed by atoms with Gasteiger partial charge in [0.2, 0.25) is 0 Å². The van der Waals surface area contributed by atoms with E-state index in [9.17, 15) is 9.90 Å². The number of ether oxygens (including phenoxy) is 1. The molecule has 0 radical (unpaired) electrons. The van der Waals surface area contributed by atoms with Crippen LogP contribution in [0.25, 0.3) is 0 Å². The average Bonchev–Trinajstić information content (AvgIpc) is 3.03. The second-order valence-electron chi connectivity index (χ2n) is 9.58. The van der Waals surface area contributed by atoms with Crippen molar-refractivity contribution >= 4 is 5.97 Å². The van der Waals surface area contributed by atoms with Gasteiger partial charge in [0.25, 0.3) is 0 Å². The van der Waals surface area contributed by atoms with E-state index in [0.717, 1.165) is 37.7 Å². The number of fused-ring (bicyclic) bond motifs is 1. The lowest BCUT2D eigenvalue weighted by Gasteiger charge is -2.64. The second-order valence-corrected chi connectivity index (χ2v) is 9.58. The summed E-state index contributed by atoms with van der Waals surface area (Å²) >= 11 is 0. The highest BCUT2D eigenvalue weighted by Gasteiger charge is 2.64. The lowest BCUT2D eigenvalue weighted by molar-refractivity contribution is -0.249. The highest BCUT2D eigenvalue weighted by molar-refractivity contribution is 5.66. The first-order chi connectivity index (χ1) is 12.1. The van der Waals surface area contributed by atoms with E-state index in [-0.39, 0.29) is 34.7 Å². The number of carbonyl (C=O) groups is 1. The zero-order chi connectivity index (χ0) is 19.2. The molecule has 4 nitrogen and oxygen atoms in total. The summed E-state index contributed by atoms with van der Waals surface area (Å²) in [5.74, 6) is 0.0295. The quantitative estimate of drug-likeness (QED) is 0.786. The smallest absolute Gasteiger partial charge is 0.302 e. The van der Waals surface area contributed by atoms with Crippen molar-refractivity contribution < 1.29 is 19.1 Å². The Balaban J connectivity index is 1.96. The van der Waals surface area contributed by atoms with E-state index in [0.29, 0.717) is 6.42 Å². The average molecular weight is 363 g/mol. The van der Waals surface area contributed by atoms with Gasteiger partial charge in [0.15, 0.2) is 0 Å². The number of hydrogen-bond donors (Lipinski definition) is 1. The molecule has 2 aliphatic rings. The SMILES string of the molecule is CC(=O)O[C@H]1CC(C)C(O)(CCc2ccoc2)[C@@]2(C)CCCC(C)(C)C12. The molecule has 26 heavy (non-hydrogen) atoms. The van der Waals surface area contributed by atoms with E-state index in [4.69, 9.17) is 9.15 Å². The standard InChI is InChI=1S/C22H34O4/c1-15-13-18(26-16(2)23)19-20(3,4)9-6-10-21(19,5)22(15,24)11-7-17-8-12-25-14-17/h8,12,14-15,18-19,24H,6-7,9-11,13H2,1-5H3/t15?,18-,19?,21-,22?/m0/s1. The molecule has 1 heterocycles. The molecule has 0 spiro atoms. The number of hydrogen-bond acceptors (Lipinski definition) is 4. The van der Waals surface area contributed by atoms with Crippen LogP contribution in [-0.4, -0.2) is 22.8 Å². The maximum absolute atomic E-state index is 12.0. The van der Waals surface area contributed by atoms with Gasteiger partial charge in [0.05, 0.1) is 18.1 Å². The van der Waals surface area contributed by atoms with Crippen LogP contribution in [0.1, 0.15) is 72.3 Å². The van der Waals surface area contributed by atoms with Crippen LogP contribution in [0.15, 0.2) is 23.0 Å². The highest BCUT2D eigenvalue weighted by atomic mass is 16.5. The van der Waals surface area contributed by atoms with Gasteiger partial charge in [0.1, 0.15) is 6.10 Å². The summed E-state index contributed by atoms with van der Waals surface area (Å²) in [5, 5.41) is 12.0. The van der Waals surface area contributed by atoms with Crippen molar-refractivity contribution in [2.45, 2.75) is 84.8 Å². The largest absolute Gasteiger partial charge is 0.472 e. The lowest BCUT2D eigenvalue weighted by atomic mass is 9.43. The fourth-order valence-electron chi connectivity index (χ4n) is 6.36. The van der Waals surface area contributed by atoms with Crippen molar-refractivity contribution in [3.05, 3.63) is 24.2 Å². The minimum Gasteiger partial charge on any atom is -0.472 e. The van der Waals surface area contributed by atoms with Gasteiger partial charge < -0.3 is 14.3 Å². The number of rotatable bonds is 4. The van der Waals surface area contributed by atoms with Crippen molar-refractivity contribution in [3.8, 4) is 0 Å². The third kappa shape index (κ3) is 3.11. The molecule has 0 aliphatic heterocycles. The molecule has 1 aromatic heterocycles. The molecule has 2 aliphatic carbocycles. The summed E-state index contributed by atoms with van der Waals surface area (Å²) in [7, 11) is 0. The van der Waals surface area contributed by atoms with Crippen LogP contribution in [-0.2, 0) is 16.0 Å². The van der Waals surface area contributed by atoms with E-state index < -0.39 is 5.60 Å². The molecule has 1 N–H and O–H groups in total. The number of aliphatic hydroxyl groups is 1. The third-order valence-electron chi connectivity index (χ3n) is 7.50. The van der Waals surface area contributed by atoms with Gasteiger partial charge in [-0.1, -0.05) is 34.1 Å². The van der Waals surface area contributed by atoms with Crippen LogP contribution in [0.2, 0.25) is 0 Å². The molecule has 0 aromatic carbocycles. The molecule has 1 aromatic rings. The Bertz CT molecular complexity index is 635. The van der Waals surface area contributed by atoms with E-state index >= 15 is 0 Å². The van der Waals surface area contributed by atoms with Crippen molar-refractivity contribution in [2.75, 3.05) is 0 Å². The molecular weight excluding hydrogens is 328 g/mol. The van der Waals surface area contributed by atoms with Gasteiger partial charge in [0, 0.05) is 18.3 Å². The molecule has 3 unspecified atom stereocenters. The van der Waals surface area contributed by atoms with E-state index in [2.05, 4.69) is 27.7 Å². The van der Waals surface area contributed by atoms with Crippen LogP contribution in [0, 0.1) is 22.7 Å². The molecule has 0 amide bonds. The highest BCUT2D eigenvalue weighted by Crippen LogP contribution is 2.64. The zero-order valence-corrected chi connectivity index (χ0v) is 16.9. The van der Waals surface area contributed by atoms with E-state index in [1.165, 1.54) is 6.92 Å². The Morgan fingerprint density at radius 1 is 1.35 bits per heavy atom. The van der Waals surface area contributed by atoms with E-state index in [1.54, 1.807) is 12.5 Å². The summed E-state index contributed by atoms with van der Waals surface area (Å²) < 4.78 is 11.0. The van der Waals surface area contributed by atoms with Crippen molar-refractivity contribution in [1.29, 1.82) is 0 Å². The zero-order valence-electron chi connectivity index (χ0n) is 16.9. The predicted octanol–water partition coefficient (Wildman–Crippen LogP) is 4.75. The first kappa shape index (κ1) is 19.5. The molecular formula is C22H34O4. The van der Waals surface area contributed by atoms with Gasteiger partial charge in [-0.25, -0.2) is 0 Å². The van der Waals surface area contributed by atoms with Gasteiger partial charge in [-0.05, 0) is 55.1 Å². The number of furan rings is 1. The van der Waals surface area contributed by atoms with Crippen LogP contribution >= 0.6 is 0 Å². The first-order valence-electron chi connectivity index (χ1n) is 10.0. The Hall–Kier alpha value is -1.29. The van der Waals surface area contributed by atoms with Gasteiger partial charge >= 0.3 is 5.97 Å². The molecule has 4 heteroatoms. The van der Waals surface area contributed by atoms with Crippen LogP contribution in [0.3, 0.4) is 0 Å². The molecule has 0 bridgehead atoms.